The molecule has 0 bridgehead atoms. The van der Waals surface area contributed by atoms with E-state index in [1.165, 1.54) is 12.1 Å². The molecule has 0 spiro atoms. The number of carbonyl (C=O) groups is 1. The van der Waals surface area contributed by atoms with E-state index in [0.717, 1.165) is 0 Å². The van der Waals surface area contributed by atoms with Crippen molar-refractivity contribution < 1.29 is 17.9 Å². The zero-order valence-corrected chi connectivity index (χ0v) is 12.5. The number of fused-ring (bicyclic) bond motifs is 1. The van der Waals surface area contributed by atoms with Crippen molar-refractivity contribution in [3.63, 3.8) is 0 Å². The number of hydrogen-bond acceptors (Lipinski definition) is 4. The van der Waals surface area contributed by atoms with E-state index in [4.69, 9.17) is 4.74 Å². The van der Waals surface area contributed by atoms with E-state index >= 15 is 0 Å². The second-order valence-corrected chi connectivity index (χ2v) is 6.55. The lowest BCUT2D eigenvalue weighted by atomic mass is 10.2. The summed E-state index contributed by atoms with van der Waals surface area (Å²) in [7, 11) is -3.59. The van der Waals surface area contributed by atoms with Crippen LogP contribution in [0.5, 0.6) is 5.75 Å². The van der Waals surface area contributed by atoms with Crippen LogP contribution in [0.15, 0.2) is 23.1 Å². The van der Waals surface area contributed by atoms with E-state index in [2.05, 4.69) is 10.0 Å². The predicted molar refractivity (Wildman–Crippen MR) is 75.2 cm³/mol. The molecule has 0 saturated carbocycles. The summed E-state index contributed by atoms with van der Waals surface area (Å²) in [5, 5.41) is 2.63. The van der Waals surface area contributed by atoms with Crippen molar-refractivity contribution in [2.45, 2.75) is 44.2 Å². The van der Waals surface area contributed by atoms with Gasteiger partial charge in [0.05, 0.1) is 10.6 Å². The molecular formula is C13H18N2O4S. The summed E-state index contributed by atoms with van der Waals surface area (Å²) in [6.07, 6.45) is 0.116. The lowest BCUT2D eigenvalue weighted by Crippen LogP contribution is -2.35. The molecule has 2 atom stereocenters. The SMILES string of the molecule is CCC(C)NS(=O)(=O)c1ccc2c(c1)NC(=O)C(C)O2. The first kappa shape index (κ1) is 14.8. The molecule has 1 aliphatic heterocycles. The van der Waals surface area contributed by atoms with Crippen molar-refractivity contribution in [3.8, 4) is 5.75 Å². The first-order chi connectivity index (χ1) is 9.33. The fourth-order valence-corrected chi connectivity index (χ4v) is 3.12. The molecule has 110 valence electrons. The molecule has 1 aliphatic rings. The molecule has 0 saturated heterocycles. The van der Waals surface area contributed by atoms with E-state index in [0.29, 0.717) is 17.9 Å². The Morgan fingerprint density at radius 2 is 2.15 bits per heavy atom. The standard InChI is InChI=1S/C13H18N2O4S/c1-4-8(2)15-20(17,18)10-5-6-12-11(7-10)14-13(16)9(3)19-12/h5-9,15H,4H2,1-3H3,(H,14,16). The summed E-state index contributed by atoms with van der Waals surface area (Å²) in [5.74, 6) is 0.182. The van der Waals surface area contributed by atoms with Gasteiger partial charge in [-0.1, -0.05) is 6.92 Å². The number of ether oxygens (including phenoxy) is 1. The highest BCUT2D eigenvalue weighted by molar-refractivity contribution is 7.89. The Kier molecular flexibility index (Phi) is 4.01. The maximum absolute atomic E-state index is 12.2. The third kappa shape index (κ3) is 2.94. The lowest BCUT2D eigenvalue weighted by molar-refractivity contribution is -0.122. The molecule has 0 fully saturated rings. The van der Waals surface area contributed by atoms with Gasteiger partial charge in [0.25, 0.3) is 5.91 Å². The Morgan fingerprint density at radius 3 is 2.80 bits per heavy atom. The van der Waals surface area contributed by atoms with E-state index in [1.807, 2.05) is 6.92 Å². The van der Waals surface area contributed by atoms with Gasteiger partial charge in [-0.3, -0.25) is 4.79 Å². The minimum absolute atomic E-state index is 0.106. The fourth-order valence-electron chi connectivity index (χ4n) is 1.77. The molecule has 7 heteroatoms. The van der Waals surface area contributed by atoms with Gasteiger partial charge in [0.2, 0.25) is 10.0 Å². The monoisotopic (exact) mass is 298 g/mol. The van der Waals surface area contributed by atoms with Crippen molar-refractivity contribution in [2.75, 3.05) is 5.32 Å². The highest BCUT2D eigenvalue weighted by Crippen LogP contribution is 2.31. The van der Waals surface area contributed by atoms with Gasteiger partial charge in [-0.25, -0.2) is 13.1 Å². The summed E-state index contributed by atoms with van der Waals surface area (Å²) < 4.78 is 32.3. The van der Waals surface area contributed by atoms with Crippen molar-refractivity contribution >= 4 is 21.6 Å². The molecular weight excluding hydrogens is 280 g/mol. The molecule has 1 amide bonds. The van der Waals surface area contributed by atoms with Gasteiger partial charge in [-0.05, 0) is 38.5 Å². The first-order valence-electron chi connectivity index (χ1n) is 6.47. The quantitative estimate of drug-likeness (QED) is 0.882. The van der Waals surface area contributed by atoms with Crippen LogP contribution in [0.3, 0.4) is 0 Å². The van der Waals surface area contributed by atoms with Gasteiger partial charge in [0.1, 0.15) is 5.75 Å². The molecule has 0 aromatic heterocycles. The van der Waals surface area contributed by atoms with Crippen LogP contribution in [0.25, 0.3) is 0 Å². The van der Waals surface area contributed by atoms with E-state index < -0.39 is 16.1 Å². The second kappa shape index (κ2) is 5.41. The van der Waals surface area contributed by atoms with Crippen molar-refractivity contribution in [1.29, 1.82) is 0 Å². The van der Waals surface area contributed by atoms with Crippen LogP contribution in [0, 0.1) is 0 Å². The minimum Gasteiger partial charge on any atom is -0.479 e. The third-order valence-corrected chi connectivity index (χ3v) is 4.75. The number of anilines is 1. The second-order valence-electron chi connectivity index (χ2n) is 4.84. The lowest BCUT2D eigenvalue weighted by Gasteiger charge is -2.23. The number of rotatable bonds is 4. The highest BCUT2D eigenvalue weighted by Gasteiger charge is 2.25. The number of benzene rings is 1. The normalized spacial score (nSPS) is 19.8. The van der Waals surface area contributed by atoms with Crippen molar-refractivity contribution in [2.24, 2.45) is 0 Å². The van der Waals surface area contributed by atoms with Gasteiger partial charge in [0, 0.05) is 6.04 Å². The summed E-state index contributed by atoms with van der Waals surface area (Å²) in [5.41, 5.74) is 0.375. The van der Waals surface area contributed by atoms with E-state index in [1.54, 1.807) is 19.9 Å². The molecule has 1 heterocycles. The smallest absolute Gasteiger partial charge is 0.265 e. The van der Waals surface area contributed by atoms with E-state index in [-0.39, 0.29) is 16.8 Å². The van der Waals surface area contributed by atoms with Crippen molar-refractivity contribution in [3.05, 3.63) is 18.2 Å². The average Bonchev–Trinajstić information content (AvgIpc) is 2.39. The topological polar surface area (TPSA) is 84.5 Å². The van der Waals surface area contributed by atoms with Gasteiger partial charge < -0.3 is 10.1 Å². The summed E-state index contributed by atoms with van der Waals surface area (Å²) >= 11 is 0. The molecule has 1 aromatic rings. The van der Waals surface area contributed by atoms with Gasteiger partial charge >= 0.3 is 0 Å². The Bertz CT molecular complexity index is 627. The van der Waals surface area contributed by atoms with Crippen LogP contribution in [0.4, 0.5) is 5.69 Å². The fraction of sp³-hybridized carbons (Fsp3) is 0.462. The largest absolute Gasteiger partial charge is 0.479 e. The Morgan fingerprint density at radius 1 is 1.45 bits per heavy atom. The van der Waals surface area contributed by atoms with Gasteiger partial charge in [-0.15, -0.1) is 0 Å². The Labute approximate surface area is 118 Å². The first-order valence-corrected chi connectivity index (χ1v) is 7.95. The number of sulfonamides is 1. The van der Waals surface area contributed by atoms with Crippen molar-refractivity contribution in [1.82, 2.24) is 4.72 Å². The van der Waals surface area contributed by atoms with E-state index in [9.17, 15) is 13.2 Å². The number of hydrogen-bond donors (Lipinski definition) is 2. The molecule has 0 radical (unpaired) electrons. The molecule has 0 aliphatic carbocycles. The number of nitrogens with one attached hydrogen (secondary N) is 2. The Balaban J connectivity index is 2.32. The van der Waals surface area contributed by atoms with Crippen LogP contribution in [-0.4, -0.2) is 26.5 Å². The highest BCUT2D eigenvalue weighted by atomic mass is 32.2. The third-order valence-electron chi connectivity index (χ3n) is 3.16. The van der Waals surface area contributed by atoms with Crippen LogP contribution < -0.4 is 14.8 Å². The summed E-state index contributed by atoms with van der Waals surface area (Å²) in [6.45, 7) is 5.32. The molecule has 2 unspecified atom stereocenters. The van der Waals surface area contributed by atoms with Crippen LogP contribution in [0.2, 0.25) is 0 Å². The molecule has 1 aromatic carbocycles. The zero-order chi connectivity index (χ0) is 14.9. The number of carbonyl (C=O) groups excluding carboxylic acids is 1. The van der Waals surface area contributed by atoms with Gasteiger partial charge in [0.15, 0.2) is 6.10 Å². The number of amides is 1. The maximum Gasteiger partial charge on any atom is 0.265 e. The summed E-state index contributed by atoms with van der Waals surface area (Å²) in [4.78, 5) is 11.6. The molecule has 2 rings (SSSR count). The maximum atomic E-state index is 12.2. The molecule has 20 heavy (non-hydrogen) atoms. The van der Waals surface area contributed by atoms with Crippen LogP contribution >= 0.6 is 0 Å². The average molecular weight is 298 g/mol. The van der Waals surface area contributed by atoms with Crippen LogP contribution in [-0.2, 0) is 14.8 Å². The van der Waals surface area contributed by atoms with Gasteiger partial charge in [-0.2, -0.15) is 0 Å². The predicted octanol–water partition coefficient (Wildman–Crippen LogP) is 1.48. The minimum atomic E-state index is -3.59. The zero-order valence-electron chi connectivity index (χ0n) is 11.6. The summed E-state index contributed by atoms with van der Waals surface area (Å²) in [6, 6.07) is 4.27. The molecule has 6 nitrogen and oxygen atoms in total. The van der Waals surface area contributed by atoms with Crippen LogP contribution in [0.1, 0.15) is 27.2 Å². The molecule has 2 N–H and O–H groups in total. The Hall–Kier alpha value is -1.60.